The van der Waals surface area contributed by atoms with E-state index in [4.69, 9.17) is 17.3 Å². The zero-order valence-electron chi connectivity index (χ0n) is 6.95. The summed E-state index contributed by atoms with van der Waals surface area (Å²) in [6.45, 7) is 0. The van der Waals surface area contributed by atoms with Crippen molar-refractivity contribution < 1.29 is 22.0 Å². The summed E-state index contributed by atoms with van der Waals surface area (Å²) < 4.78 is 61.4. The van der Waals surface area contributed by atoms with Crippen LogP contribution in [0.15, 0.2) is 6.07 Å². The molecule has 0 atom stereocenters. The van der Waals surface area contributed by atoms with Crippen LogP contribution >= 0.6 is 11.6 Å². The van der Waals surface area contributed by atoms with Crippen molar-refractivity contribution in [2.75, 3.05) is 5.73 Å². The van der Waals surface area contributed by atoms with Gasteiger partial charge in [0, 0.05) is 5.69 Å². The Morgan fingerprint density at radius 3 is 2.27 bits per heavy atom. The van der Waals surface area contributed by atoms with Gasteiger partial charge in [0.25, 0.3) is 6.43 Å². The normalized spacial score (nSPS) is 12.2. The second-order valence-corrected chi connectivity index (χ2v) is 2.98. The molecule has 0 fully saturated rings. The fourth-order valence-electron chi connectivity index (χ4n) is 1.02. The Morgan fingerprint density at radius 1 is 1.33 bits per heavy atom. The minimum Gasteiger partial charge on any atom is -0.398 e. The van der Waals surface area contributed by atoms with E-state index in [9.17, 15) is 22.0 Å². The minimum atomic E-state index is -4.98. The van der Waals surface area contributed by atoms with Crippen LogP contribution in [0.1, 0.15) is 17.7 Å². The van der Waals surface area contributed by atoms with Crippen molar-refractivity contribution in [2.24, 2.45) is 0 Å². The number of anilines is 1. The molecular formula is C7H4ClF5N2. The lowest BCUT2D eigenvalue weighted by molar-refractivity contribution is -0.139. The van der Waals surface area contributed by atoms with Crippen molar-refractivity contribution in [3.05, 3.63) is 22.5 Å². The van der Waals surface area contributed by atoms with Gasteiger partial charge in [-0.2, -0.15) is 13.2 Å². The molecule has 0 amide bonds. The van der Waals surface area contributed by atoms with Crippen LogP contribution in [0.3, 0.4) is 0 Å². The van der Waals surface area contributed by atoms with Gasteiger partial charge in [-0.25, -0.2) is 13.8 Å². The maximum atomic E-state index is 12.3. The SMILES string of the molecule is Nc1cc(Cl)nc(C(F)F)c1C(F)(F)F. The Morgan fingerprint density at radius 2 is 1.87 bits per heavy atom. The molecule has 0 spiro atoms. The second-order valence-electron chi connectivity index (χ2n) is 2.59. The third-order valence-corrected chi connectivity index (χ3v) is 1.73. The fourth-order valence-corrected chi connectivity index (χ4v) is 1.23. The second kappa shape index (κ2) is 3.80. The lowest BCUT2D eigenvalue weighted by atomic mass is 10.1. The predicted molar refractivity (Wildman–Crippen MR) is 43.6 cm³/mol. The molecule has 0 radical (unpaired) electrons. The Bertz CT molecular complexity index is 376. The van der Waals surface area contributed by atoms with Gasteiger partial charge in [-0.1, -0.05) is 11.6 Å². The Labute approximate surface area is 85.9 Å². The molecular weight excluding hydrogens is 243 g/mol. The zero-order chi connectivity index (χ0) is 11.8. The van der Waals surface area contributed by atoms with Gasteiger partial charge in [-0.05, 0) is 6.07 Å². The minimum absolute atomic E-state index is 0.504. The molecule has 0 aliphatic heterocycles. The number of nitrogens with two attached hydrogens (primary N) is 1. The Kier molecular flexibility index (Phi) is 3.03. The number of pyridine rings is 1. The van der Waals surface area contributed by atoms with E-state index in [-0.39, 0.29) is 0 Å². The van der Waals surface area contributed by atoms with Crippen LogP contribution < -0.4 is 5.73 Å². The van der Waals surface area contributed by atoms with Crippen molar-refractivity contribution in [2.45, 2.75) is 12.6 Å². The van der Waals surface area contributed by atoms with E-state index in [2.05, 4.69) is 4.98 Å². The molecule has 0 saturated heterocycles. The quantitative estimate of drug-likeness (QED) is 0.610. The number of nitrogens with zero attached hydrogens (tertiary/aromatic N) is 1. The first kappa shape index (κ1) is 12.0. The third kappa shape index (κ3) is 2.47. The molecule has 1 heterocycles. The maximum absolute atomic E-state index is 12.3. The molecule has 0 aliphatic carbocycles. The summed E-state index contributed by atoms with van der Waals surface area (Å²) in [6, 6.07) is 0.677. The summed E-state index contributed by atoms with van der Waals surface area (Å²) in [6.07, 6.45) is -8.37. The van der Waals surface area contributed by atoms with E-state index >= 15 is 0 Å². The fraction of sp³-hybridized carbons (Fsp3) is 0.286. The number of rotatable bonds is 1. The molecule has 1 aromatic rings. The highest BCUT2D eigenvalue weighted by Crippen LogP contribution is 2.39. The van der Waals surface area contributed by atoms with Gasteiger partial charge in [0.1, 0.15) is 16.4 Å². The van der Waals surface area contributed by atoms with E-state index in [0.29, 0.717) is 6.07 Å². The van der Waals surface area contributed by atoms with Crippen LogP contribution in [-0.4, -0.2) is 4.98 Å². The number of hydrogen-bond donors (Lipinski definition) is 1. The highest BCUT2D eigenvalue weighted by Gasteiger charge is 2.39. The molecule has 0 aliphatic rings. The zero-order valence-corrected chi connectivity index (χ0v) is 7.70. The van der Waals surface area contributed by atoms with E-state index in [1.54, 1.807) is 0 Å². The molecule has 2 N–H and O–H groups in total. The first-order valence-corrected chi connectivity index (χ1v) is 3.92. The van der Waals surface area contributed by atoms with Crippen molar-refractivity contribution >= 4 is 17.3 Å². The molecule has 2 nitrogen and oxygen atoms in total. The first-order valence-electron chi connectivity index (χ1n) is 3.54. The average Bonchev–Trinajstić information content (AvgIpc) is 1.99. The molecule has 0 aromatic carbocycles. The van der Waals surface area contributed by atoms with Crippen molar-refractivity contribution in [1.29, 1.82) is 0 Å². The maximum Gasteiger partial charge on any atom is 0.420 e. The summed E-state index contributed by atoms with van der Waals surface area (Å²) >= 11 is 5.22. The lowest BCUT2D eigenvalue weighted by Crippen LogP contribution is -2.14. The molecule has 0 unspecified atom stereocenters. The number of hydrogen-bond acceptors (Lipinski definition) is 2. The van der Waals surface area contributed by atoms with Crippen LogP contribution in [0.25, 0.3) is 0 Å². The number of alkyl halides is 5. The molecule has 84 valence electrons. The molecule has 0 saturated carbocycles. The van der Waals surface area contributed by atoms with Gasteiger partial charge in [0.05, 0.1) is 0 Å². The summed E-state index contributed by atoms with van der Waals surface area (Å²) in [5.74, 6) is 0. The monoisotopic (exact) mass is 246 g/mol. The van der Waals surface area contributed by atoms with Crippen LogP contribution in [-0.2, 0) is 6.18 Å². The molecule has 1 rings (SSSR count). The highest BCUT2D eigenvalue weighted by molar-refractivity contribution is 6.29. The van der Waals surface area contributed by atoms with Gasteiger partial charge >= 0.3 is 6.18 Å². The van der Waals surface area contributed by atoms with Crippen LogP contribution in [0.2, 0.25) is 5.15 Å². The smallest absolute Gasteiger partial charge is 0.398 e. The predicted octanol–water partition coefficient (Wildman–Crippen LogP) is 3.27. The van der Waals surface area contributed by atoms with Gasteiger partial charge in [-0.3, -0.25) is 0 Å². The molecule has 15 heavy (non-hydrogen) atoms. The average molecular weight is 247 g/mol. The van der Waals surface area contributed by atoms with Crippen LogP contribution in [0, 0.1) is 0 Å². The third-order valence-electron chi connectivity index (χ3n) is 1.54. The topological polar surface area (TPSA) is 38.9 Å². The van der Waals surface area contributed by atoms with Gasteiger partial charge in [0.15, 0.2) is 0 Å². The highest BCUT2D eigenvalue weighted by atomic mass is 35.5. The van der Waals surface area contributed by atoms with Crippen molar-refractivity contribution in [3.63, 3.8) is 0 Å². The van der Waals surface area contributed by atoms with E-state index in [1.165, 1.54) is 0 Å². The molecule has 1 aromatic heterocycles. The number of aromatic nitrogens is 1. The van der Waals surface area contributed by atoms with E-state index < -0.39 is 34.7 Å². The molecule has 0 bridgehead atoms. The van der Waals surface area contributed by atoms with E-state index in [0.717, 1.165) is 0 Å². The summed E-state index contributed by atoms with van der Waals surface area (Å²) in [5.41, 5.74) is 1.02. The van der Waals surface area contributed by atoms with Crippen LogP contribution in [0.4, 0.5) is 27.6 Å². The van der Waals surface area contributed by atoms with Crippen molar-refractivity contribution in [3.8, 4) is 0 Å². The summed E-state index contributed by atoms with van der Waals surface area (Å²) in [4.78, 5) is 2.92. The van der Waals surface area contributed by atoms with E-state index in [1.807, 2.05) is 0 Å². The summed E-state index contributed by atoms with van der Waals surface area (Å²) in [5, 5.41) is -0.504. The van der Waals surface area contributed by atoms with Gasteiger partial charge < -0.3 is 5.73 Å². The van der Waals surface area contributed by atoms with Gasteiger partial charge in [0.2, 0.25) is 0 Å². The van der Waals surface area contributed by atoms with Crippen LogP contribution in [0.5, 0.6) is 0 Å². The number of halogens is 6. The standard InChI is InChI=1S/C7H4ClF5N2/c8-3-1-2(14)4(7(11,12)13)5(15-3)6(9)10/h1,6H,(H2,14,15). The first-order chi connectivity index (χ1) is 6.73. The Balaban J connectivity index is 3.48. The lowest BCUT2D eigenvalue weighted by Gasteiger charge is -2.14. The van der Waals surface area contributed by atoms with Crippen molar-refractivity contribution in [1.82, 2.24) is 4.98 Å². The molecule has 8 heteroatoms. The number of nitrogen functional groups attached to an aromatic ring is 1. The van der Waals surface area contributed by atoms with Gasteiger partial charge in [-0.15, -0.1) is 0 Å². The Hall–Kier alpha value is -1.11. The summed E-state index contributed by atoms with van der Waals surface area (Å²) in [7, 11) is 0. The largest absolute Gasteiger partial charge is 0.420 e.